The molecule has 0 heterocycles. The van der Waals surface area contributed by atoms with Gasteiger partial charge in [-0.1, -0.05) is 201 Å². The zero-order valence-corrected chi connectivity index (χ0v) is 33.9. The lowest BCUT2D eigenvalue weighted by Gasteiger charge is -2.18. The molecule has 0 fully saturated rings. The minimum Gasteiger partial charge on any atom is -0.462 e. The number of esters is 3. The standard InChI is InChI=1S/C44H84O6/c1-5-8-10-12-14-15-16-17-18-19-24-27-31-35-42(45)48-38-41(50-44(47)37-33-29-22-13-11-9-6-2)39-49-43(46)36-32-28-25-21-20-23-26-30-34-40(4)7-3/h40-41H,5-39H2,1-4H3/t40?,41-/m0/s1. The van der Waals surface area contributed by atoms with Gasteiger partial charge in [-0.25, -0.2) is 0 Å². The van der Waals surface area contributed by atoms with E-state index < -0.39 is 6.10 Å². The third kappa shape index (κ3) is 36.2. The number of rotatable bonds is 39. The lowest BCUT2D eigenvalue weighted by molar-refractivity contribution is -0.167. The van der Waals surface area contributed by atoms with E-state index >= 15 is 0 Å². The average Bonchev–Trinajstić information content (AvgIpc) is 3.11. The summed E-state index contributed by atoms with van der Waals surface area (Å²) in [4.78, 5) is 37.5. The second-order valence-corrected chi connectivity index (χ2v) is 15.2. The van der Waals surface area contributed by atoms with Crippen LogP contribution in [0.2, 0.25) is 0 Å². The van der Waals surface area contributed by atoms with Crippen molar-refractivity contribution in [3.05, 3.63) is 0 Å². The van der Waals surface area contributed by atoms with Crippen LogP contribution >= 0.6 is 0 Å². The van der Waals surface area contributed by atoms with Crippen LogP contribution in [0.1, 0.15) is 240 Å². The maximum absolute atomic E-state index is 12.6. The quantitative estimate of drug-likeness (QED) is 0.0359. The van der Waals surface area contributed by atoms with Gasteiger partial charge in [0.15, 0.2) is 6.10 Å². The maximum atomic E-state index is 12.6. The first-order chi connectivity index (χ1) is 24.4. The molecule has 2 atom stereocenters. The first kappa shape index (κ1) is 48.4. The van der Waals surface area contributed by atoms with Crippen molar-refractivity contribution >= 4 is 17.9 Å². The first-order valence-electron chi connectivity index (χ1n) is 21.9. The second-order valence-electron chi connectivity index (χ2n) is 15.2. The van der Waals surface area contributed by atoms with Crippen molar-refractivity contribution < 1.29 is 28.6 Å². The normalized spacial score (nSPS) is 12.5. The van der Waals surface area contributed by atoms with Crippen molar-refractivity contribution in [2.24, 2.45) is 5.92 Å². The molecule has 0 N–H and O–H groups in total. The lowest BCUT2D eigenvalue weighted by Crippen LogP contribution is -2.30. The summed E-state index contributed by atoms with van der Waals surface area (Å²) in [5.74, 6) is -0.0164. The Balaban J connectivity index is 4.27. The third-order valence-electron chi connectivity index (χ3n) is 10.2. The van der Waals surface area contributed by atoms with Crippen LogP contribution in [-0.2, 0) is 28.6 Å². The van der Waals surface area contributed by atoms with Crippen molar-refractivity contribution in [3.63, 3.8) is 0 Å². The lowest BCUT2D eigenvalue weighted by atomic mass is 9.99. The van der Waals surface area contributed by atoms with E-state index in [1.807, 2.05) is 0 Å². The summed E-state index contributed by atoms with van der Waals surface area (Å²) in [6.07, 6.45) is 36.6. The van der Waals surface area contributed by atoms with Crippen molar-refractivity contribution in [2.75, 3.05) is 13.2 Å². The van der Waals surface area contributed by atoms with Crippen LogP contribution < -0.4 is 0 Å². The SMILES string of the molecule is CCCCCCCCCCCCCCCC(=O)OC[C@@H](COC(=O)CCCCCCCCCCC(C)CC)OC(=O)CCCCCCCCC. The molecule has 6 heteroatoms. The molecule has 296 valence electrons. The Labute approximate surface area is 310 Å². The fourth-order valence-electron chi connectivity index (χ4n) is 6.42. The minimum absolute atomic E-state index is 0.0648. The number of carbonyl (C=O) groups excluding carboxylic acids is 3. The molecular weight excluding hydrogens is 624 g/mol. The molecule has 0 aliphatic carbocycles. The number of ether oxygens (including phenoxy) is 3. The van der Waals surface area contributed by atoms with E-state index in [2.05, 4.69) is 27.7 Å². The molecule has 0 aromatic carbocycles. The highest BCUT2D eigenvalue weighted by Gasteiger charge is 2.19. The van der Waals surface area contributed by atoms with Crippen LogP contribution in [0.15, 0.2) is 0 Å². The van der Waals surface area contributed by atoms with Gasteiger partial charge in [0, 0.05) is 19.3 Å². The fourth-order valence-corrected chi connectivity index (χ4v) is 6.42. The molecule has 0 saturated carbocycles. The molecule has 0 aliphatic rings. The van der Waals surface area contributed by atoms with Crippen LogP contribution in [0.5, 0.6) is 0 Å². The van der Waals surface area contributed by atoms with Crippen LogP contribution in [-0.4, -0.2) is 37.2 Å². The molecule has 0 rings (SSSR count). The van der Waals surface area contributed by atoms with Crippen molar-refractivity contribution in [3.8, 4) is 0 Å². The molecule has 0 radical (unpaired) electrons. The maximum Gasteiger partial charge on any atom is 0.306 e. The molecule has 0 aliphatic heterocycles. The van der Waals surface area contributed by atoms with Crippen LogP contribution in [0.25, 0.3) is 0 Å². The summed E-state index contributed by atoms with van der Waals surface area (Å²) < 4.78 is 16.6. The Bertz CT molecular complexity index is 753. The van der Waals surface area contributed by atoms with Gasteiger partial charge in [-0.2, -0.15) is 0 Å². The van der Waals surface area contributed by atoms with Crippen LogP contribution in [0, 0.1) is 5.92 Å². The summed E-state index contributed by atoms with van der Waals surface area (Å²) in [7, 11) is 0. The van der Waals surface area contributed by atoms with E-state index in [9.17, 15) is 14.4 Å². The van der Waals surface area contributed by atoms with Gasteiger partial charge in [-0.3, -0.25) is 14.4 Å². The largest absolute Gasteiger partial charge is 0.462 e. The predicted octanol–water partition coefficient (Wildman–Crippen LogP) is 13.6. The molecule has 0 spiro atoms. The molecule has 0 aromatic heterocycles. The molecule has 0 bridgehead atoms. The highest BCUT2D eigenvalue weighted by molar-refractivity contribution is 5.71. The van der Waals surface area contributed by atoms with E-state index in [0.29, 0.717) is 19.3 Å². The molecule has 0 saturated heterocycles. The molecule has 0 aromatic rings. The zero-order chi connectivity index (χ0) is 36.8. The Morgan fingerprint density at radius 2 is 0.700 bits per heavy atom. The fraction of sp³-hybridized carbons (Fsp3) is 0.932. The highest BCUT2D eigenvalue weighted by atomic mass is 16.6. The molecule has 1 unspecified atom stereocenters. The van der Waals surface area contributed by atoms with Gasteiger partial charge >= 0.3 is 17.9 Å². The first-order valence-corrected chi connectivity index (χ1v) is 21.9. The summed E-state index contributed by atoms with van der Waals surface area (Å²) in [6.45, 7) is 8.95. The number of unbranched alkanes of at least 4 members (excludes halogenated alkanes) is 25. The van der Waals surface area contributed by atoms with E-state index in [1.54, 1.807) is 0 Å². The van der Waals surface area contributed by atoms with Gasteiger partial charge in [0.1, 0.15) is 13.2 Å². The summed E-state index contributed by atoms with van der Waals surface area (Å²) in [5.41, 5.74) is 0. The van der Waals surface area contributed by atoms with E-state index in [-0.39, 0.29) is 31.1 Å². The summed E-state index contributed by atoms with van der Waals surface area (Å²) >= 11 is 0. The number of hydrogen-bond acceptors (Lipinski definition) is 6. The van der Waals surface area contributed by atoms with E-state index in [0.717, 1.165) is 63.7 Å². The predicted molar refractivity (Wildman–Crippen MR) is 210 cm³/mol. The number of carbonyl (C=O) groups is 3. The minimum atomic E-state index is -0.757. The molecular formula is C44H84O6. The van der Waals surface area contributed by atoms with Gasteiger partial charge < -0.3 is 14.2 Å². The third-order valence-corrected chi connectivity index (χ3v) is 10.2. The molecule has 50 heavy (non-hydrogen) atoms. The Hall–Kier alpha value is -1.59. The van der Waals surface area contributed by atoms with Gasteiger partial charge in [-0.05, 0) is 25.2 Å². The van der Waals surface area contributed by atoms with Gasteiger partial charge in [0.05, 0.1) is 0 Å². The number of hydrogen-bond donors (Lipinski definition) is 0. The average molecular weight is 709 g/mol. The summed E-state index contributed by atoms with van der Waals surface area (Å²) in [6, 6.07) is 0. The van der Waals surface area contributed by atoms with Crippen molar-refractivity contribution in [1.82, 2.24) is 0 Å². The van der Waals surface area contributed by atoms with Crippen molar-refractivity contribution in [1.29, 1.82) is 0 Å². The molecule has 0 amide bonds. The van der Waals surface area contributed by atoms with E-state index in [4.69, 9.17) is 14.2 Å². The highest BCUT2D eigenvalue weighted by Crippen LogP contribution is 2.16. The van der Waals surface area contributed by atoms with Gasteiger partial charge in [0.25, 0.3) is 0 Å². The monoisotopic (exact) mass is 709 g/mol. The summed E-state index contributed by atoms with van der Waals surface area (Å²) in [5, 5.41) is 0. The van der Waals surface area contributed by atoms with Crippen LogP contribution in [0.4, 0.5) is 0 Å². The van der Waals surface area contributed by atoms with E-state index in [1.165, 1.54) is 135 Å². The Morgan fingerprint density at radius 1 is 0.400 bits per heavy atom. The topological polar surface area (TPSA) is 78.9 Å². The Morgan fingerprint density at radius 3 is 1.04 bits per heavy atom. The van der Waals surface area contributed by atoms with Gasteiger partial charge in [0.2, 0.25) is 0 Å². The van der Waals surface area contributed by atoms with Gasteiger partial charge in [-0.15, -0.1) is 0 Å². The second kappa shape index (κ2) is 38.6. The Kier molecular flexibility index (Phi) is 37.4. The smallest absolute Gasteiger partial charge is 0.306 e. The molecule has 6 nitrogen and oxygen atoms in total. The van der Waals surface area contributed by atoms with Crippen LogP contribution in [0.3, 0.4) is 0 Å². The van der Waals surface area contributed by atoms with Crippen molar-refractivity contribution in [2.45, 2.75) is 246 Å². The zero-order valence-electron chi connectivity index (χ0n) is 33.9.